The summed E-state index contributed by atoms with van der Waals surface area (Å²) in [6, 6.07) is 13.8. The van der Waals surface area contributed by atoms with Gasteiger partial charge < -0.3 is 25.6 Å². The van der Waals surface area contributed by atoms with Crippen LogP contribution in [0.4, 0.5) is 11.4 Å². The van der Waals surface area contributed by atoms with Crippen molar-refractivity contribution in [3.8, 4) is 5.75 Å². The maximum absolute atomic E-state index is 13.0. The summed E-state index contributed by atoms with van der Waals surface area (Å²) in [6.45, 7) is 1.88. The maximum atomic E-state index is 13.0. The zero-order valence-corrected chi connectivity index (χ0v) is 17.3. The number of rotatable bonds is 5. The number of ether oxygens (including phenoxy) is 1. The molecule has 0 bridgehead atoms. The third-order valence-electron chi connectivity index (χ3n) is 5.59. The van der Waals surface area contributed by atoms with Crippen LogP contribution in [0.1, 0.15) is 29.6 Å². The van der Waals surface area contributed by atoms with E-state index in [1.807, 2.05) is 34.1 Å². The lowest BCUT2D eigenvalue weighted by Crippen LogP contribution is -2.52. The molecule has 2 heterocycles. The molecule has 8 nitrogen and oxygen atoms in total. The molecule has 0 aliphatic carbocycles. The van der Waals surface area contributed by atoms with Gasteiger partial charge in [0.25, 0.3) is 5.91 Å². The fourth-order valence-corrected chi connectivity index (χ4v) is 3.99. The number of nitrogens with zero attached hydrogens (tertiary/aromatic N) is 2. The van der Waals surface area contributed by atoms with Crippen molar-refractivity contribution in [2.45, 2.75) is 25.4 Å². The lowest BCUT2D eigenvalue weighted by molar-refractivity contribution is -0.139. The van der Waals surface area contributed by atoms with E-state index in [2.05, 4.69) is 5.32 Å². The van der Waals surface area contributed by atoms with Crippen LogP contribution < -0.4 is 20.7 Å². The van der Waals surface area contributed by atoms with Crippen LogP contribution in [0.25, 0.3) is 0 Å². The average Bonchev–Trinajstić information content (AvgIpc) is 2.79. The highest BCUT2D eigenvalue weighted by molar-refractivity contribution is 5.96. The van der Waals surface area contributed by atoms with Crippen molar-refractivity contribution in [2.75, 3.05) is 36.4 Å². The monoisotopic (exact) mass is 422 g/mol. The molecule has 0 radical (unpaired) electrons. The predicted molar refractivity (Wildman–Crippen MR) is 117 cm³/mol. The summed E-state index contributed by atoms with van der Waals surface area (Å²) in [5.74, 6) is -0.177. The fourth-order valence-electron chi connectivity index (χ4n) is 3.99. The lowest BCUT2D eigenvalue weighted by atomic mass is 10.1. The molecule has 0 spiro atoms. The SMILES string of the molecule is NC(=O)c1ccc(NC(=O)CN2C[C@H](C(=O)N3CCCCC3)Oc3ccccc32)cc1. The van der Waals surface area contributed by atoms with Gasteiger partial charge in [0.15, 0.2) is 6.10 Å². The van der Waals surface area contributed by atoms with Gasteiger partial charge in [-0.2, -0.15) is 0 Å². The van der Waals surface area contributed by atoms with Crippen molar-refractivity contribution in [3.63, 3.8) is 0 Å². The molecule has 3 N–H and O–H groups in total. The first kappa shape index (κ1) is 20.7. The van der Waals surface area contributed by atoms with Crippen LogP contribution in [0.5, 0.6) is 5.75 Å². The highest BCUT2D eigenvalue weighted by Crippen LogP contribution is 2.33. The van der Waals surface area contributed by atoms with Crippen molar-refractivity contribution in [3.05, 3.63) is 54.1 Å². The topological polar surface area (TPSA) is 105 Å². The molecule has 2 aromatic rings. The van der Waals surface area contributed by atoms with E-state index in [9.17, 15) is 14.4 Å². The van der Waals surface area contributed by atoms with E-state index in [1.165, 1.54) is 0 Å². The number of primary amides is 1. The van der Waals surface area contributed by atoms with Gasteiger partial charge in [-0.25, -0.2) is 0 Å². The van der Waals surface area contributed by atoms with Crippen LogP contribution >= 0.6 is 0 Å². The first-order valence-electron chi connectivity index (χ1n) is 10.5. The molecule has 31 heavy (non-hydrogen) atoms. The molecule has 0 saturated carbocycles. The summed E-state index contributed by atoms with van der Waals surface area (Å²) in [7, 11) is 0. The van der Waals surface area contributed by atoms with E-state index < -0.39 is 12.0 Å². The fraction of sp³-hybridized carbons (Fsp3) is 0.348. The van der Waals surface area contributed by atoms with Crippen LogP contribution in [0.3, 0.4) is 0 Å². The normalized spacial score (nSPS) is 18.0. The number of likely N-dealkylation sites (tertiary alicyclic amines) is 1. The zero-order chi connectivity index (χ0) is 21.8. The van der Waals surface area contributed by atoms with E-state index in [1.54, 1.807) is 24.3 Å². The quantitative estimate of drug-likeness (QED) is 0.767. The third-order valence-corrected chi connectivity index (χ3v) is 5.59. The number of fused-ring (bicyclic) bond motifs is 1. The molecule has 3 amide bonds. The molecule has 1 saturated heterocycles. The molecular weight excluding hydrogens is 396 g/mol. The third kappa shape index (κ3) is 4.79. The minimum absolute atomic E-state index is 0.0262. The van der Waals surface area contributed by atoms with Crippen LogP contribution in [0.15, 0.2) is 48.5 Å². The van der Waals surface area contributed by atoms with Crippen molar-refractivity contribution in [2.24, 2.45) is 5.73 Å². The number of hydrogen-bond donors (Lipinski definition) is 2. The second kappa shape index (κ2) is 9.07. The number of carbonyl (C=O) groups is 3. The molecule has 162 valence electrons. The number of hydrogen-bond acceptors (Lipinski definition) is 5. The van der Waals surface area contributed by atoms with Gasteiger partial charge >= 0.3 is 0 Å². The number of para-hydroxylation sites is 2. The molecule has 2 aromatic carbocycles. The summed E-state index contributed by atoms with van der Waals surface area (Å²) >= 11 is 0. The summed E-state index contributed by atoms with van der Waals surface area (Å²) in [5.41, 5.74) is 6.97. The van der Waals surface area contributed by atoms with Gasteiger partial charge in [-0.3, -0.25) is 14.4 Å². The molecule has 8 heteroatoms. The lowest BCUT2D eigenvalue weighted by Gasteiger charge is -2.38. The zero-order valence-electron chi connectivity index (χ0n) is 17.3. The largest absolute Gasteiger partial charge is 0.477 e. The Kier molecular flexibility index (Phi) is 6.06. The molecule has 2 aliphatic rings. The van der Waals surface area contributed by atoms with Gasteiger partial charge in [0.1, 0.15) is 5.75 Å². The standard InChI is InChI=1S/C23H26N4O4/c24-22(29)16-8-10-17(11-9-16)25-21(28)15-27-14-20(23(30)26-12-4-1-5-13-26)31-19-7-3-2-6-18(19)27/h2-3,6-11,20H,1,4-5,12-15H2,(H2,24,29)(H,25,28)/t20-/m1/s1. The van der Waals surface area contributed by atoms with Gasteiger partial charge in [-0.05, 0) is 55.7 Å². The Morgan fingerprint density at radius 2 is 1.71 bits per heavy atom. The Hall–Kier alpha value is -3.55. The van der Waals surface area contributed by atoms with Gasteiger partial charge in [-0.15, -0.1) is 0 Å². The first-order valence-corrected chi connectivity index (χ1v) is 10.5. The summed E-state index contributed by atoms with van der Waals surface area (Å²) in [6.07, 6.45) is 2.52. The minimum Gasteiger partial charge on any atom is -0.477 e. The summed E-state index contributed by atoms with van der Waals surface area (Å²) in [4.78, 5) is 40.6. The maximum Gasteiger partial charge on any atom is 0.265 e. The van der Waals surface area contributed by atoms with E-state index in [-0.39, 0.29) is 18.4 Å². The van der Waals surface area contributed by atoms with E-state index in [0.717, 1.165) is 38.0 Å². The second-order valence-corrected chi connectivity index (χ2v) is 7.83. The van der Waals surface area contributed by atoms with Crippen LogP contribution in [-0.2, 0) is 9.59 Å². The Labute approximate surface area is 180 Å². The van der Waals surface area contributed by atoms with Crippen molar-refractivity contribution < 1.29 is 19.1 Å². The Balaban J connectivity index is 1.46. The Morgan fingerprint density at radius 1 is 1.00 bits per heavy atom. The highest BCUT2D eigenvalue weighted by atomic mass is 16.5. The van der Waals surface area contributed by atoms with E-state index in [4.69, 9.17) is 10.5 Å². The molecule has 0 unspecified atom stereocenters. The molecule has 0 aromatic heterocycles. The van der Waals surface area contributed by atoms with Crippen molar-refractivity contribution in [1.29, 1.82) is 0 Å². The molecule has 1 atom stereocenters. The van der Waals surface area contributed by atoms with E-state index >= 15 is 0 Å². The van der Waals surface area contributed by atoms with Crippen molar-refractivity contribution >= 4 is 29.1 Å². The van der Waals surface area contributed by atoms with Crippen LogP contribution in [0, 0.1) is 0 Å². The smallest absolute Gasteiger partial charge is 0.265 e. The van der Waals surface area contributed by atoms with Gasteiger partial charge in [0.2, 0.25) is 11.8 Å². The number of nitrogens with one attached hydrogen (secondary N) is 1. The number of amides is 3. The van der Waals surface area contributed by atoms with E-state index in [0.29, 0.717) is 23.5 Å². The Bertz CT molecular complexity index is 970. The number of anilines is 2. The summed E-state index contributed by atoms with van der Waals surface area (Å²) in [5, 5.41) is 2.82. The molecule has 4 rings (SSSR count). The van der Waals surface area contributed by atoms with Crippen LogP contribution in [0.2, 0.25) is 0 Å². The van der Waals surface area contributed by atoms with Crippen LogP contribution in [-0.4, -0.2) is 54.9 Å². The number of nitrogens with two attached hydrogens (primary N) is 1. The van der Waals surface area contributed by atoms with Gasteiger partial charge in [0.05, 0.1) is 18.8 Å². The predicted octanol–water partition coefficient (Wildman–Crippen LogP) is 2.00. The van der Waals surface area contributed by atoms with Gasteiger partial charge in [0, 0.05) is 24.3 Å². The average molecular weight is 422 g/mol. The first-order chi connectivity index (χ1) is 15.0. The molecule has 2 aliphatic heterocycles. The second-order valence-electron chi connectivity index (χ2n) is 7.83. The van der Waals surface area contributed by atoms with Crippen molar-refractivity contribution in [1.82, 2.24) is 4.90 Å². The number of piperidine rings is 1. The highest BCUT2D eigenvalue weighted by Gasteiger charge is 2.34. The number of carbonyl (C=O) groups excluding carboxylic acids is 3. The summed E-state index contributed by atoms with van der Waals surface area (Å²) < 4.78 is 6.00. The van der Waals surface area contributed by atoms with Gasteiger partial charge in [-0.1, -0.05) is 12.1 Å². The Morgan fingerprint density at radius 3 is 2.42 bits per heavy atom. The number of benzene rings is 2. The minimum atomic E-state index is -0.643. The molecular formula is C23H26N4O4. The molecule has 1 fully saturated rings.